The minimum Gasteiger partial charge on any atom is -0.335 e. The van der Waals surface area contributed by atoms with E-state index in [1.807, 2.05) is 25.7 Å². The first-order chi connectivity index (χ1) is 22.9. The van der Waals surface area contributed by atoms with Gasteiger partial charge in [0.25, 0.3) is 11.8 Å². The number of aryl methyl sites for hydroxylation is 1. The SMILES string of the molecule is CC.CCc1cc(NC(=O)c2ncc(-c3cn(CC#N)nc3C(F)(F)F)n2C)ccc1C(=O)N1CCN(C(=O)N2CCC(CN)C2)CC1. The van der Waals surface area contributed by atoms with Crippen molar-refractivity contribution >= 4 is 23.5 Å². The predicted octanol–water partition coefficient (Wildman–Crippen LogP) is 3.83. The number of carbonyl (C=O) groups is 3. The van der Waals surface area contributed by atoms with E-state index in [0.717, 1.165) is 23.5 Å². The minimum absolute atomic E-state index is 0.00108. The molecule has 13 nitrogen and oxygen atoms in total. The van der Waals surface area contributed by atoms with Crippen LogP contribution < -0.4 is 11.1 Å². The average molecular weight is 671 g/mol. The quantitative estimate of drug-likeness (QED) is 0.387. The molecule has 2 aliphatic rings. The van der Waals surface area contributed by atoms with E-state index in [0.29, 0.717) is 75.0 Å². The monoisotopic (exact) mass is 670 g/mol. The van der Waals surface area contributed by atoms with E-state index in [1.54, 1.807) is 34.1 Å². The summed E-state index contributed by atoms with van der Waals surface area (Å²) in [7, 11) is 1.41. The minimum atomic E-state index is -4.79. The number of amides is 4. The van der Waals surface area contributed by atoms with Gasteiger partial charge < -0.3 is 30.3 Å². The van der Waals surface area contributed by atoms with Gasteiger partial charge in [0.05, 0.1) is 23.5 Å². The molecule has 4 heterocycles. The molecule has 48 heavy (non-hydrogen) atoms. The number of benzene rings is 1. The Kier molecular flexibility index (Phi) is 11.5. The number of nitrogens with two attached hydrogens (primary N) is 1. The summed E-state index contributed by atoms with van der Waals surface area (Å²) in [6, 6.07) is 6.64. The fourth-order valence-electron chi connectivity index (χ4n) is 5.87. The summed E-state index contributed by atoms with van der Waals surface area (Å²) in [6.45, 7) is 9.07. The first-order valence-electron chi connectivity index (χ1n) is 16.0. The Morgan fingerprint density at radius 2 is 1.77 bits per heavy atom. The van der Waals surface area contributed by atoms with Gasteiger partial charge in [0.15, 0.2) is 11.5 Å². The molecule has 1 aromatic carbocycles. The number of anilines is 1. The fraction of sp³-hybridized carbons (Fsp3) is 0.500. The summed E-state index contributed by atoms with van der Waals surface area (Å²) < 4.78 is 43.1. The van der Waals surface area contributed by atoms with Crippen molar-refractivity contribution in [2.45, 2.75) is 46.3 Å². The lowest BCUT2D eigenvalue weighted by Gasteiger charge is -2.37. The largest absolute Gasteiger partial charge is 0.435 e. The molecule has 1 unspecified atom stereocenters. The lowest BCUT2D eigenvalue weighted by Crippen LogP contribution is -2.53. The summed E-state index contributed by atoms with van der Waals surface area (Å²) in [4.78, 5) is 48.9. The third-order valence-electron chi connectivity index (χ3n) is 8.43. The first kappa shape index (κ1) is 35.9. The molecule has 0 saturated carbocycles. The zero-order valence-electron chi connectivity index (χ0n) is 27.5. The summed E-state index contributed by atoms with van der Waals surface area (Å²) >= 11 is 0. The first-order valence-corrected chi connectivity index (χ1v) is 16.0. The summed E-state index contributed by atoms with van der Waals surface area (Å²) in [5.74, 6) is -0.650. The highest BCUT2D eigenvalue weighted by molar-refractivity contribution is 6.03. The number of rotatable bonds is 7. The predicted molar refractivity (Wildman–Crippen MR) is 172 cm³/mol. The number of nitrogens with one attached hydrogen (secondary N) is 1. The van der Waals surface area contributed by atoms with Crippen LogP contribution in [-0.2, 0) is 26.2 Å². The van der Waals surface area contributed by atoms with E-state index in [4.69, 9.17) is 11.0 Å². The van der Waals surface area contributed by atoms with Crippen molar-refractivity contribution in [3.63, 3.8) is 0 Å². The standard InChI is InChI=1S/C30H35F3N10O3.C2H6/c1-3-20-14-21(4-5-22(20)28(45)40-10-12-41(13-11-40)29(46)42-8-6-19(15-35)17-42)37-27(44)26-36-16-24(39(26)2)23-18-43(9-7-34)38-25(23)30(31,32)33;1-2/h4-5,14,16,18-19H,3,6,8-13,15,17,35H2,1-2H3,(H,37,44);1-2H3. The highest BCUT2D eigenvalue weighted by Crippen LogP contribution is 2.36. The van der Waals surface area contributed by atoms with E-state index in [1.165, 1.54) is 11.6 Å². The second-order valence-electron chi connectivity index (χ2n) is 11.3. The number of hydrogen-bond donors (Lipinski definition) is 2. The second kappa shape index (κ2) is 15.3. The Labute approximate surface area is 277 Å². The highest BCUT2D eigenvalue weighted by Gasteiger charge is 2.39. The van der Waals surface area contributed by atoms with Crippen LogP contribution in [0.1, 0.15) is 59.4 Å². The fourth-order valence-corrected chi connectivity index (χ4v) is 5.87. The summed E-state index contributed by atoms with van der Waals surface area (Å²) in [5, 5.41) is 15.1. The van der Waals surface area contributed by atoms with Crippen LogP contribution in [0.4, 0.5) is 23.7 Å². The van der Waals surface area contributed by atoms with E-state index < -0.39 is 17.8 Å². The van der Waals surface area contributed by atoms with Gasteiger partial charge in [-0.2, -0.15) is 23.5 Å². The highest BCUT2D eigenvalue weighted by atomic mass is 19.4. The molecule has 0 spiro atoms. The molecule has 3 N–H and O–H groups in total. The van der Waals surface area contributed by atoms with E-state index in [9.17, 15) is 27.6 Å². The van der Waals surface area contributed by atoms with Crippen LogP contribution in [0.3, 0.4) is 0 Å². The van der Waals surface area contributed by atoms with Gasteiger partial charge in [0.2, 0.25) is 0 Å². The number of aromatic nitrogens is 4. The molecule has 5 rings (SSSR count). The van der Waals surface area contributed by atoms with Crippen molar-refractivity contribution in [1.82, 2.24) is 34.0 Å². The number of nitrogens with zero attached hydrogens (tertiary/aromatic N) is 8. The topological polar surface area (TPSA) is 158 Å². The number of halogens is 3. The Morgan fingerprint density at radius 1 is 1.08 bits per heavy atom. The number of imidazole rings is 1. The Balaban J connectivity index is 0.00000255. The molecular formula is C32H41F3N10O3. The molecule has 0 radical (unpaired) electrons. The van der Waals surface area contributed by atoms with Crippen LogP contribution in [0.5, 0.6) is 0 Å². The maximum absolute atomic E-state index is 13.7. The zero-order chi connectivity index (χ0) is 35.2. The zero-order valence-corrected chi connectivity index (χ0v) is 27.5. The van der Waals surface area contributed by atoms with Gasteiger partial charge in [-0.1, -0.05) is 20.8 Å². The molecule has 258 valence electrons. The lowest BCUT2D eigenvalue weighted by atomic mass is 10.0. The smallest absolute Gasteiger partial charge is 0.335 e. The Hall–Kier alpha value is -4.91. The van der Waals surface area contributed by atoms with Gasteiger partial charge in [-0.05, 0) is 49.1 Å². The van der Waals surface area contributed by atoms with Crippen LogP contribution in [0.15, 0.2) is 30.6 Å². The molecule has 1 atom stereocenters. The third kappa shape index (κ3) is 7.62. The van der Waals surface area contributed by atoms with E-state index in [2.05, 4.69) is 15.4 Å². The van der Waals surface area contributed by atoms with Gasteiger partial charge in [-0.15, -0.1) is 0 Å². The van der Waals surface area contributed by atoms with Crippen molar-refractivity contribution in [3.8, 4) is 17.3 Å². The third-order valence-corrected chi connectivity index (χ3v) is 8.43. The van der Waals surface area contributed by atoms with Crippen LogP contribution in [0, 0.1) is 17.2 Å². The van der Waals surface area contributed by atoms with Crippen LogP contribution >= 0.6 is 0 Å². The van der Waals surface area contributed by atoms with E-state index in [-0.39, 0.29) is 35.6 Å². The number of likely N-dealkylation sites (tertiary alicyclic amines) is 1. The molecule has 3 aromatic rings. The van der Waals surface area contributed by atoms with Gasteiger partial charge in [-0.3, -0.25) is 14.3 Å². The van der Waals surface area contributed by atoms with Crippen LogP contribution in [0.2, 0.25) is 0 Å². The second-order valence-corrected chi connectivity index (χ2v) is 11.3. The summed E-state index contributed by atoms with van der Waals surface area (Å²) in [6.07, 6.45) is -1.14. The number of hydrogen-bond acceptors (Lipinski definition) is 7. The normalized spacial score (nSPS) is 16.3. The van der Waals surface area contributed by atoms with Gasteiger partial charge in [0, 0.05) is 63.8 Å². The van der Waals surface area contributed by atoms with Crippen LogP contribution in [-0.4, -0.2) is 97.7 Å². The molecule has 0 aliphatic carbocycles. The molecule has 2 aliphatic heterocycles. The maximum Gasteiger partial charge on any atom is 0.435 e. The number of carbonyl (C=O) groups excluding carboxylic acids is 3. The van der Waals surface area contributed by atoms with Crippen molar-refractivity contribution < 1.29 is 27.6 Å². The number of urea groups is 1. The number of piperazine rings is 1. The number of alkyl halides is 3. The molecule has 2 fully saturated rings. The molecule has 16 heteroatoms. The van der Waals surface area contributed by atoms with Crippen molar-refractivity contribution in [2.24, 2.45) is 18.7 Å². The lowest BCUT2D eigenvalue weighted by molar-refractivity contribution is -0.141. The van der Waals surface area contributed by atoms with Crippen molar-refractivity contribution in [1.29, 1.82) is 5.26 Å². The Bertz CT molecular complexity index is 1670. The van der Waals surface area contributed by atoms with Gasteiger partial charge in [0.1, 0.15) is 6.54 Å². The Morgan fingerprint density at radius 3 is 2.38 bits per heavy atom. The van der Waals surface area contributed by atoms with Crippen molar-refractivity contribution in [3.05, 3.63) is 53.2 Å². The van der Waals surface area contributed by atoms with E-state index >= 15 is 0 Å². The molecule has 0 bridgehead atoms. The van der Waals surface area contributed by atoms with Crippen LogP contribution in [0.25, 0.3) is 11.3 Å². The summed E-state index contributed by atoms with van der Waals surface area (Å²) in [5.41, 5.74) is 5.83. The molecule has 2 saturated heterocycles. The van der Waals surface area contributed by atoms with Gasteiger partial charge in [-0.25, -0.2) is 9.78 Å². The molecule has 4 amide bonds. The maximum atomic E-state index is 13.7. The number of nitriles is 1. The average Bonchev–Trinajstić information content (AvgIpc) is 3.83. The molecule has 2 aromatic heterocycles. The van der Waals surface area contributed by atoms with Gasteiger partial charge >= 0.3 is 12.2 Å². The molecular weight excluding hydrogens is 629 g/mol. The van der Waals surface area contributed by atoms with Crippen molar-refractivity contribution in [2.75, 3.05) is 51.1 Å².